The van der Waals surface area contributed by atoms with Crippen LogP contribution in [0.2, 0.25) is 0 Å². The van der Waals surface area contributed by atoms with Crippen molar-refractivity contribution in [3.05, 3.63) is 58.4 Å². The summed E-state index contributed by atoms with van der Waals surface area (Å²) >= 11 is 0. The van der Waals surface area contributed by atoms with Gasteiger partial charge in [0.2, 0.25) is 0 Å². The first-order chi connectivity index (χ1) is 9.81. The average molecular weight is 311 g/mol. The van der Waals surface area contributed by atoms with Gasteiger partial charge in [0, 0.05) is 11.8 Å². The van der Waals surface area contributed by atoms with Gasteiger partial charge < -0.3 is 5.73 Å². The van der Waals surface area contributed by atoms with E-state index in [2.05, 4.69) is 0 Å². The van der Waals surface area contributed by atoms with Crippen LogP contribution in [0.3, 0.4) is 0 Å². The maximum absolute atomic E-state index is 13.5. The summed E-state index contributed by atoms with van der Waals surface area (Å²) < 4.78 is 39.8. The lowest BCUT2D eigenvalue weighted by atomic mass is 10.3. The number of anilines is 2. The molecule has 0 aromatic heterocycles. The molecule has 21 heavy (non-hydrogen) atoms. The summed E-state index contributed by atoms with van der Waals surface area (Å²) in [5.41, 5.74) is 4.47. The van der Waals surface area contributed by atoms with Crippen molar-refractivity contribution in [2.24, 2.45) is 0 Å². The standard InChI is InChI=1S/C12H10FN3O4S/c13-9-3-1-2-4-10(9)15-21(19,20)12-6-5-8(14)7-11(12)16(17)18/h1-7,15H,14H2. The van der Waals surface area contributed by atoms with Crippen LogP contribution in [-0.4, -0.2) is 13.3 Å². The van der Waals surface area contributed by atoms with Gasteiger partial charge in [0.15, 0.2) is 4.90 Å². The Morgan fingerprint density at radius 3 is 2.48 bits per heavy atom. The van der Waals surface area contributed by atoms with E-state index >= 15 is 0 Å². The van der Waals surface area contributed by atoms with Crippen LogP contribution >= 0.6 is 0 Å². The first-order valence-corrected chi connectivity index (χ1v) is 7.11. The fourth-order valence-corrected chi connectivity index (χ4v) is 2.87. The van der Waals surface area contributed by atoms with Crippen LogP contribution in [0.15, 0.2) is 47.4 Å². The number of sulfonamides is 1. The summed E-state index contributed by atoms with van der Waals surface area (Å²) in [4.78, 5) is 9.46. The molecule has 0 bridgehead atoms. The molecule has 110 valence electrons. The molecule has 0 fully saturated rings. The minimum absolute atomic E-state index is 0.0477. The molecular weight excluding hydrogens is 301 g/mol. The van der Waals surface area contributed by atoms with Crippen LogP contribution in [0.1, 0.15) is 0 Å². The number of halogens is 1. The molecule has 9 heteroatoms. The van der Waals surface area contributed by atoms with Crippen LogP contribution < -0.4 is 10.5 Å². The third kappa shape index (κ3) is 3.08. The minimum atomic E-state index is -4.32. The van der Waals surface area contributed by atoms with Crippen molar-refractivity contribution in [1.29, 1.82) is 0 Å². The van der Waals surface area contributed by atoms with Crippen LogP contribution in [0.4, 0.5) is 21.5 Å². The average Bonchev–Trinajstić information content (AvgIpc) is 2.40. The number of hydrogen-bond acceptors (Lipinski definition) is 5. The third-order valence-electron chi connectivity index (χ3n) is 2.59. The van der Waals surface area contributed by atoms with Crippen molar-refractivity contribution in [1.82, 2.24) is 0 Å². The van der Waals surface area contributed by atoms with Gasteiger partial charge in [-0.05, 0) is 24.3 Å². The van der Waals surface area contributed by atoms with Gasteiger partial charge in [0.05, 0.1) is 10.6 Å². The lowest BCUT2D eigenvalue weighted by molar-refractivity contribution is -0.387. The molecule has 2 aromatic rings. The summed E-state index contributed by atoms with van der Waals surface area (Å²) in [6.45, 7) is 0. The largest absolute Gasteiger partial charge is 0.399 e. The highest BCUT2D eigenvalue weighted by atomic mass is 32.2. The second-order valence-electron chi connectivity index (χ2n) is 4.07. The molecule has 0 atom stereocenters. The zero-order chi connectivity index (χ0) is 15.6. The highest BCUT2D eigenvalue weighted by molar-refractivity contribution is 7.92. The maximum Gasteiger partial charge on any atom is 0.291 e. The van der Waals surface area contributed by atoms with Gasteiger partial charge in [-0.2, -0.15) is 0 Å². The van der Waals surface area contributed by atoms with Crippen molar-refractivity contribution in [2.45, 2.75) is 4.90 Å². The maximum atomic E-state index is 13.5. The molecule has 0 aliphatic carbocycles. The van der Waals surface area contributed by atoms with E-state index in [0.29, 0.717) is 0 Å². The number of rotatable bonds is 4. The van der Waals surface area contributed by atoms with Gasteiger partial charge >= 0.3 is 0 Å². The Morgan fingerprint density at radius 1 is 1.19 bits per heavy atom. The lowest BCUT2D eigenvalue weighted by Gasteiger charge is -2.09. The predicted molar refractivity (Wildman–Crippen MR) is 74.7 cm³/mol. The molecule has 7 nitrogen and oxygen atoms in total. The summed E-state index contributed by atoms with van der Waals surface area (Å²) in [6, 6.07) is 8.22. The minimum Gasteiger partial charge on any atom is -0.399 e. The highest BCUT2D eigenvalue weighted by Gasteiger charge is 2.26. The molecule has 0 amide bonds. The van der Waals surface area contributed by atoms with Crippen LogP contribution in [-0.2, 0) is 10.0 Å². The summed E-state index contributed by atoms with van der Waals surface area (Å²) in [6.07, 6.45) is 0. The SMILES string of the molecule is Nc1ccc(S(=O)(=O)Nc2ccccc2F)c([N+](=O)[O-])c1. The number of nitrogens with zero attached hydrogens (tertiary/aromatic N) is 1. The zero-order valence-electron chi connectivity index (χ0n) is 10.5. The predicted octanol–water partition coefficient (Wildman–Crippen LogP) is 2.12. The Labute approximate surface area is 119 Å². The molecule has 3 N–H and O–H groups in total. The Hall–Kier alpha value is -2.68. The van der Waals surface area contributed by atoms with Crippen LogP contribution in [0, 0.1) is 15.9 Å². The van der Waals surface area contributed by atoms with Crippen molar-refractivity contribution in [3.8, 4) is 0 Å². The monoisotopic (exact) mass is 311 g/mol. The number of benzene rings is 2. The second kappa shape index (κ2) is 5.37. The van der Waals surface area contributed by atoms with Gasteiger partial charge in [-0.3, -0.25) is 14.8 Å². The number of nitro benzene ring substituents is 1. The topological polar surface area (TPSA) is 115 Å². The molecular formula is C12H10FN3O4S. The number of nitrogens with one attached hydrogen (secondary N) is 1. The molecule has 0 unspecified atom stereocenters. The molecule has 0 saturated carbocycles. The van der Waals surface area contributed by atoms with Crippen LogP contribution in [0.25, 0.3) is 0 Å². The molecule has 0 radical (unpaired) electrons. The molecule has 2 rings (SSSR count). The van der Waals surface area contributed by atoms with E-state index in [9.17, 15) is 22.9 Å². The van der Waals surface area contributed by atoms with E-state index in [-0.39, 0.29) is 11.4 Å². The van der Waals surface area contributed by atoms with Gasteiger partial charge in [0.1, 0.15) is 5.82 Å². The van der Waals surface area contributed by atoms with E-state index in [4.69, 9.17) is 5.73 Å². The quantitative estimate of drug-likeness (QED) is 0.510. The van der Waals surface area contributed by atoms with Gasteiger partial charge in [-0.1, -0.05) is 12.1 Å². The van der Waals surface area contributed by atoms with Crippen molar-refractivity contribution in [2.75, 3.05) is 10.5 Å². The first kappa shape index (κ1) is 14.7. The molecule has 0 aliphatic rings. The van der Waals surface area contributed by atoms with Gasteiger partial charge in [-0.15, -0.1) is 0 Å². The van der Waals surface area contributed by atoms with Crippen molar-refractivity contribution < 1.29 is 17.7 Å². The smallest absolute Gasteiger partial charge is 0.291 e. The molecule has 0 heterocycles. The number of nitro groups is 1. The fourth-order valence-electron chi connectivity index (χ4n) is 1.65. The number of para-hydroxylation sites is 1. The third-order valence-corrected chi connectivity index (χ3v) is 4.00. The molecule has 0 saturated heterocycles. The Kier molecular flexibility index (Phi) is 3.76. The zero-order valence-corrected chi connectivity index (χ0v) is 11.3. The van der Waals surface area contributed by atoms with Crippen LogP contribution in [0.5, 0.6) is 0 Å². The Balaban J connectivity index is 2.50. The number of nitrogens with two attached hydrogens (primary N) is 1. The Bertz CT molecular complexity index is 808. The van der Waals surface area contributed by atoms with Crippen molar-refractivity contribution in [3.63, 3.8) is 0 Å². The molecule has 0 spiro atoms. The van der Waals surface area contributed by atoms with E-state index in [1.807, 2.05) is 4.72 Å². The highest BCUT2D eigenvalue weighted by Crippen LogP contribution is 2.28. The number of hydrogen-bond donors (Lipinski definition) is 2. The normalized spacial score (nSPS) is 11.1. The van der Waals surface area contributed by atoms with Gasteiger partial charge in [-0.25, -0.2) is 12.8 Å². The van der Waals surface area contributed by atoms with Gasteiger partial charge in [0.25, 0.3) is 15.7 Å². The Morgan fingerprint density at radius 2 is 1.86 bits per heavy atom. The molecule has 0 aliphatic heterocycles. The van der Waals surface area contributed by atoms with E-state index in [0.717, 1.165) is 18.2 Å². The summed E-state index contributed by atoms with van der Waals surface area (Å²) in [5, 5.41) is 10.9. The lowest BCUT2D eigenvalue weighted by Crippen LogP contribution is -2.15. The van der Waals surface area contributed by atoms with E-state index in [1.165, 1.54) is 24.3 Å². The number of nitrogen functional groups attached to an aromatic ring is 1. The first-order valence-electron chi connectivity index (χ1n) is 5.62. The van der Waals surface area contributed by atoms with Crippen molar-refractivity contribution >= 4 is 27.1 Å². The fraction of sp³-hybridized carbons (Fsp3) is 0. The summed E-state index contributed by atoms with van der Waals surface area (Å²) in [5.74, 6) is -0.792. The second-order valence-corrected chi connectivity index (χ2v) is 5.72. The van der Waals surface area contributed by atoms with E-state index in [1.54, 1.807) is 0 Å². The molecule has 2 aromatic carbocycles. The summed E-state index contributed by atoms with van der Waals surface area (Å²) in [7, 11) is -4.32. The van der Waals surface area contributed by atoms with E-state index < -0.39 is 31.3 Å².